The summed E-state index contributed by atoms with van der Waals surface area (Å²) in [6.07, 6.45) is 1.73. The number of likely N-dealkylation sites (N-methyl/N-ethyl adjacent to an activating group) is 1. The van der Waals surface area contributed by atoms with Gasteiger partial charge < -0.3 is 15.2 Å². The molecule has 1 atom stereocenters. The first-order valence-corrected chi connectivity index (χ1v) is 10.3. The number of rotatable bonds is 6. The molecule has 31 heavy (non-hydrogen) atoms. The summed E-state index contributed by atoms with van der Waals surface area (Å²) in [5.74, 6) is 0.620. The molecule has 0 fully saturated rings. The Kier molecular flexibility index (Phi) is 5.36. The van der Waals surface area contributed by atoms with Gasteiger partial charge in [0.2, 0.25) is 5.95 Å². The fourth-order valence-electron chi connectivity index (χ4n) is 4.00. The van der Waals surface area contributed by atoms with E-state index < -0.39 is 5.69 Å². The Morgan fingerprint density at radius 3 is 2.68 bits per heavy atom. The number of pyridine rings is 1. The Hall–Kier alpha value is -3.46. The Bertz CT molecular complexity index is 1380. The van der Waals surface area contributed by atoms with Crippen LogP contribution in [0.1, 0.15) is 19.4 Å². The van der Waals surface area contributed by atoms with Crippen LogP contribution in [0.4, 0.5) is 5.95 Å². The average molecular weight is 422 g/mol. The number of anilines is 1. The minimum Gasteiger partial charge on any atom is -0.344 e. The number of nitrogens with zero attached hydrogens (tertiary/aromatic N) is 6. The van der Waals surface area contributed by atoms with Gasteiger partial charge in [0.1, 0.15) is 0 Å². The van der Waals surface area contributed by atoms with Gasteiger partial charge in [-0.2, -0.15) is 4.98 Å². The standard InChI is InChI=1S/C22H27N7O2/c1-5-28-18-19(25-21(28)26(3)12-14(2)23)27(4)22(31)29(20(18)30)13-15-8-9-16-7-6-10-24-17(16)11-15/h6-11,14H,5,12-13,23H2,1-4H3. The second-order valence-electron chi connectivity index (χ2n) is 7.95. The van der Waals surface area contributed by atoms with Gasteiger partial charge in [0.25, 0.3) is 5.56 Å². The van der Waals surface area contributed by atoms with Crippen LogP contribution in [0.5, 0.6) is 0 Å². The first-order valence-electron chi connectivity index (χ1n) is 10.3. The zero-order valence-electron chi connectivity index (χ0n) is 18.2. The Morgan fingerprint density at radius 2 is 1.97 bits per heavy atom. The molecule has 4 rings (SSSR count). The molecule has 2 N–H and O–H groups in total. The molecule has 3 aromatic heterocycles. The molecule has 0 aliphatic carbocycles. The van der Waals surface area contributed by atoms with Crippen molar-refractivity contribution in [3.8, 4) is 0 Å². The monoisotopic (exact) mass is 421 g/mol. The highest BCUT2D eigenvalue weighted by Crippen LogP contribution is 2.19. The summed E-state index contributed by atoms with van der Waals surface area (Å²) >= 11 is 0. The largest absolute Gasteiger partial charge is 0.344 e. The molecule has 4 aromatic rings. The van der Waals surface area contributed by atoms with Gasteiger partial charge in [0.05, 0.1) is 12.1 Å². The van der Waals surface area contributed by atoms with Crippen LogP contribution in [-0.2, 0) is 20.1 Å². The van der Waals surface area contributed by atoms with Gasteiger partial charge in [-0.15, -0.1) is 0 Å². The number of fused-ring (bicyclic) bond motifs is 2. The maximum absolute atomic E-state index is 13.4. The van der Waals surface area contributed by atoms with Crippen LogP contribution in [-0.4, -0.2) is 43.3 Å². The van der Waals surface area contributed by atoms with Crippen LogP contribution in [0, 0.1) is 0 Å². The molecule has 0 radical (unpaired) electrons. The highest BCUT2D eigenvalue weighted by atomic mass is 16.2. The summed E-state index contributed by atoms with van der Waals surface area (Å²) in [7, 11) is 3.53. The Morgan fingerprint density at radius 1 is 1.19 bits per heavy atom. The predicted molar refractivity (Wildman–Crippen MR) is 123 cm³/mol. The van der Waals surface area contributed by atoms with Gasteiger partial charge in [-0.3, -0.25) is 18.9 Å². The third kappa shape index (κ3) is 3.61. The molecule has 162 valence electrons. The first kappa shape index (κ1) is 20.8. The predicted octanol–water partition coefficient (Wildman–Crippen LogP) is 1.30. The number of hydrogen-bond acceptors (Lipinski definition) is 6. The number of benzene rings is 1. The quantitative estimate of drug-likeness (QED) is 0.503. The SMILES string of the molecule is CCn1c(N(C)CC(C)N)nc2c1c(=O)n(Cc1ccc3cccnc3c1)c(=O)n2C. The van der Waals surface area contributed by atoms with Crippen LogP contribution in [0.15, 0.2) is 46.1 Å². The highest BCUT2D eigenvalue weighted by Gasteiger charge is 2.22. The molecule has 0 saturated carbocycles. The summed E-state index contributed by atoms with van der Waals surface area (Å²) in [5, 5.41) is 1.01. The third-order valence-electron chi connectivity index (χ3n) is 5.44. The number of nitrogens with two attached hydrogens (primary N) is 1. The van der Waals surface area contributed by atoms with Crippen molar-refractivity contribution in [3.63, 3.8) is 0 Å². The Labute approximate surface area is 179 Å². The number of aromatic nitrogens is 5. The number of aryl methyl sites for hydroxylation is 2. The van der Waals surface area contributed by atoms with Crippen molar-refractivity contribution in [1.82, 2.24) is 23.7 Å². The molecule has 0 spiro atoms. The molecule has 1 unspecified atom stereocenters. The maximum atomic E-state index is 13.4. The van der Waals surface area contributed by atoms with E-state index in [4.69, 9.17) is 5.73 Å². The zero-order chi connectivity index (χ0) is 22.3. The van der Waals surface area contributed by atoms with Crippen molar-refractivity contribution < 1.29 is 0 Å². The Balaban J connectivity index is 1.88. The third-order valence-corrected chi connectivity index (χ3v) is 5.44. The van der Waals surface area contributed by atoms with Gasteiger partial charge >= 0.3 is 5.69 Å². The summed E-state index contributed by atoms with van der Waals surface area (Å²) in [4.78, 5) is 37.4. The average Bonchev–Trinajstić information content (AvgIpc) is 3.15. The lowest BCUT2D eigenvalue weighted by Gasteiger charge is -2.20. The highest BCUT2D eigenvalue weighted by molar-refractivity contribution is 5.79. The van der Waals surface area contributed by atoms with E-state index in [1.54, 1.807) is 13.2 Å². The lowest BCUT2D eigenvalue weighted by Crippen LogP contribution is -2.40. The minimum atomic E-state index is -0.402. The van der Waals surface area contributed by atoms with E-state index in [1.807, 2.05) is 60.7 Å². The van der Waals surface area contributed by atoms with Crippen LogP contribution in [0.3, 0.4) is 0 Å². The van der Waals surface area contributed by atoms with Crippen molar-refractivity contribution in [2.45, 2.75) is 33.0 Å². The van der Waals surface area contributed by atoms with Gasteiger partial charge in [0, 0.05) is 44.8 Å². The molecule has 9 nitrogen and oxygen atoms in total. The molecule has 3 heterocycles. The maximum Gasteiger partial charge on any atom is 0.332 e. The van der Waals surface area contributed by atoms with Crippen molar-refractivity contribution in [2.24, 2.45) is 12.8 Å². The molecule has 1 aromatic carbocycles. The van der Waals surface area contributed by atoms with Crippen molar-refractivity contribution in [2.75, 3.05) is 18.5 Å². The van der Waals surface area contributed by atoms with Gasteiger partial charge in [0.15, 0.2) is 11.2 Å². The summed E-state index contributed by atoms with van der Waals surface area (Å²) in [5.41, 5.74) is 7.64. The van der Waals surface area contributed by atoms with Gasteiger partial charge in [-0.25, -0.2) is 4.79 Å². The van der Waals surface area contributed by atoms with Crippen LogP contribution in [0.2, 0.25) is 0 Å². The fourth-order valence-corrected chi connectivity index (χ4v) is 4.00. The normalized spacial score (nSPS) is 12.5. The van der Waals surface area contributed by atoms with Crippen molar-refractivity contribution in [1.29, 1.82) is 0 Å². The van der Waals surface area contributed by atoms with Gasteiger partial charge in [-0.1, -0.05) is 18.2 Å². The molecule has 0 aliphatic rings. The zero-order valence-corrected chi connectivity index (χ0v) is 18.2. The second kappa shape index (κ2) is 7.99. The van der Waals surface area contributed by atoms with Crippen molar-refractivity contribution in [3.05, 3.63) is 62.9 Å². The summed E-state index contributed by atoms with van der Waals surface area (Å²) < 4.78 is 4.54. The molecular weight excluding hydrogens is 394 g/mol. The smallest absolute Gasteiger partial charge is 0.332 e. The first-order chi connectivity index (χ1) is 14.8. The molecule has 9 heteroatoms. The number of imidazole rings is 1. The minimum absolute atomic E-state index is 0.0582. The van der Waals surface area contributed by atoms with Crippen molar-refractivity contribution >= 4 is 28.0 Å². The molecular formula is C22H27N7O2. The van der Waals surface area contributed by atoms with Crippen LogP contribution >= 0.6 is 0 Å². The van der Waals surface area contributed by atoms with E-state index in [-0.39, 0.29) is 18.1 Å². The molecule has 0 amide bonds. The fraction of sp³-hybridized carbons (Fsp3) is 0.364. The molecule has 0 saturated heterocycles. The van der Waals surface area contributed by atoms with E-state index >= 15 is 0 Å². The van der Waals surface area contributed by atoms with E-state index in [0.717, 1.165) is 16.5 Å². The van der Waals surface area contributed by atoms with Crippen LogP contribution in [0.25, 0.3) is 22.1 Å². The summed E-state index contributed by atoms with van der Waals surface area (Å²) in [6.45, 7) is 5.15. The van der Waals surface area contributed by atoms with E-state index in [9.17, 15) is 9.59 Å². The van der Waals surface area contributed by atoms with E-state index in [0.29, 0.717) is 30.2 Å². The summed E-state index contributed by atoms with van der Waals surface area (Å²) in [6, 6.07) is 9.56. The molecule has 0 bridgehead atoms. The second-order valence-corrected chi connectivity index (χ2v) is 7.95. The van der Waals surface area contributed by atoms with Gasteiger partial charge in [-0.05, 0) is 31.5 Å². The number of hydrogen-bond donors (Lipinski definition) is 1. The lowest BCUT2D eigenvalue weighted by atomic mass is 10.1. The van der Waals surface area contributed by atoms with E-state index in [1.165, 1.54) is 9.13 Å². The topological polar surface area (TPSA) is 104 Å². The lowest BCUT2D eigenvalue weighted by molar-refractivity contribution is 0.650. The van der Waals surface area contributed by atoms with Crippen LogP contribution < -0.4 is 21.9 Å². The molecule has 0 aliphatic heterocycles. The van der Waals surface area contributed by atoms with E-state index in [2.05, 4.69) is 9.97 Å².